The first-order valence-corrected chi connectivity index (χ1v) is 12.0. The molecule has 0 heterocycles. The molecule has 1 rings (SSSR count). The number of rotatable bonds is 16. The zero-order chi connectivity index (χ0) is 27.3. The molecule has 0 aliphatic heterocycles. The Hall–Kier alpha value is -3.22. The summed E-state index contributed by atoms with van der Waals surface area (Å²) >= 11 is 0. The van der Waals surface area contributed by atoms with Crippen LogP contribution in [-0.4, -0.2) is 76.3 Å². The molecule has 12 nitrogen and oxygen atoms in total. The number of amides is 3. The summed E-state index contributed by atoms with van der Waals surface area (Å²) in [6.07, 6.45) is 1.65. The molecule has 1 aromatic rings. The zero-order valence-corrected chi connectivity index (χ0v) is 20.8. The molecule has 3 amide bonds. The van der Waals surface area contributed by atoms with Gasteiger partial charge < -0.3 is 42.7 Å². The summed E-state index contributed by atoms with van der Waals surface area (Å²) in [5, 5.41) is 35.8. The number of hydrogen-bond donors (Lipinski definition) is 8. The monoisotopic (exact) mass is 509 g/mol. The van der Waals surface area contributed by atoms with Crippen molar-refractivity contribution >= 4 is 23.7 Å². The summed E-state index contributed by atoms with van der Waals surface area (Å²) in [7, 11) is 0. The number of carboxylic acids is 1. The molecule has 1 aromatic carbocycles. The molecule has 4 atom stereocenters. The zero-order valence-electron chi connectivity index (χ0n) is 20.8. The lowest BCUT2D eigenvalue weighted by molar-refractivity contribution is -0.142. The van der Waals surface area contributed by atoms with Gasteiger partial charge in [-0.2, -0.15) is 0 Å². The standard InChI is InChI=1S/C24H39N5O7/c1-14(2)11-19(22(33)27-18(24(35)36)5-3-4-10-25)28-23(34)20(13-30)29-21(32)17(26)12-15-6-8-16(31)9-7-15/h6-9,14,17-20,30-31H,3-5,10-13,25-26H2,1-2H3,(H,27,33)(H,28,34)(H,29,32)(H,35,36). The van der Waals surface area contributed by atoms with Crippen molar-refractivity contribution in [2.75, 3.05) is 13.2 Å². The van der Waals surface area contributed by atoms with Gasteiger partial charge in [-0.05, 0) is 62.3 Å². The van der Waals surface area contributed by atoms with Gasteiger partial charge >= 0.3 is 5.97 Å². The number of nitrogens with one attached hydrogen (secondary N) is 3. The number of phenolic OH excluding ortho intramolecular Hbond substituents is 1. The third kappa shape index (κ3) is 11.0. The average Bonchev–Trinajstić information content (AvgIpc) is 2.82. The van der Waals surface area contributed by atoms with Crippen molar-refractivity contribution in [3.05, 3.63) is 29.8 Å². The topological polar surface area (TPSA) is 217 Å². The summed E-state index contributed by atoms with van der Waals surface area (Å²) in [4.78, 5) is 49.7. The second-order valence-electron chi connectivity index (χ2n) is 9.10. The maximum Gasteiger partial charge on any atom is 0.326 e. The van der Waals surface area contributed by atoms with Crippen molar-refractivity contribution in [1.82, 2.24) is 16.0 Å². The highest BCUT2D eigenvalue weighted by atomic mass is 16.4. The fourth-order valence-corrected chi connectivity index (χ4v) is 3.45. The highest BCUT2D eigenvalue weighted by Gasteiger charge is 2.30. The van der Waals surface area contributed by atoms with Crippen molar-refractivity contribution in [3.8, 4) is 5.75 Å². The van der Waals surface area contributed by atoms with Crippen molar-refractivity contribution < 1.29 is 34.5 Å². The van der Waals surface area contributed by atoms with Crippen LogP contribution in [0, 0.1) is 5.92 Å². The average molecular weight is 510 g/mol. The maximum atomic E-state index is 12.8. The Morgan fingerprint density at radius 2 is 1.44 bits per heavy atom. The number of aliphatic hydroxyl groups is 1. The number of unbranched alkanes of at least 4 members (excludes halogenated alkanes) is 1. The molecule has 12 heteroatoms. The molecular formula is C24H39N5O7. The van der Waals surface area contributed by atoms with Crippen LogP contribution in [0.25, 0.3) is 0 Å². The summed E-state index contributed by atoms with van der Waals surface area (Å²) < 4.78 is 0. The van der Waals surface area contributed by atoms with Crippen LogP contribution in [0.3, 0.4) is 0 Å². The first-order chi connectivity index (χ1) is 17.0. The smallest absolute Gasteiger partial charge is 0.326 e. The van der Waals surface area contributed by atoms with E-state index in [-0.39, 0.29) is 30.9 Å². The number of aliphatic carboxylic acids is 1. The van der Waals surface area contributed by atoms with Crippen LogP contribution in [0.1, 0.15) is 45.1 Å². The SMILES string of the molecule is CC(C)CC(NC(=O)C(CO)NC(=O)C(N)Cc1ccc(O)cc1)C(=O)NC(CCCCN)C(=O)O. The van der Waals surface area contributed by atoms with Gasteiger partial charge in [0.2, 0.25) is 17.7 Å². The molecule has 0 fully saturated rings. The second kappa shape index (κ2) is 15.7. The predicted molar refractivity (Wildman–Crippen MR) is 133 cm³/mol. The molecule has 202 valence electrons. The van der Waals surface area contributed by atoms with Gasteiger partial charge in [0.1, 0.15) is 23.9 Å². The number of aromatic hydroxyl groups is 1. The Morgan fingerprint density at radius 1 is 0.889 bits per heavy atom. The molecule has 0 aliphatic carbocycles. The number of carboxylic acid groups (broad SMARTS) is 1. The fourth-order valence-electron chi connectivity index (χ4n) is 3.45. The first kappa shape index (κ1) is 30.8. The van der Waals surface area contributed by atoms with E-state index < -0.39 is 54.5 Å². The lowest BCUT2D eigenvalue weighted by Gasteiger charge is -2.25. The fraction of sp³-hybridized carbons (Fsp3) is 0.583. The van der Waals surface area contributed by atoms with Crippen molar-refractivity contribution in [2.45, 2.75) is 70.1 Å². The van der Waals surface area contributed by atoms with Gasteiger partial charge in [-0.3, -0.25) is 14.4 Å². The van der Waals surface area contributed by atoms with Crippen LogP contribution < -0.4 is 27.4 Å². The van der Waals surface area contributed by atoms with E-state index in [1.54, 1.807) is 12.1 Å². The normalized spacial score (nSPS) is 14.4. The van der Waals surface area contributed by atoms with Gasteiger partial charge in [0.05, 0.1) is 12.6 Å². The van der Waals surface area contributed by atoms with E-state index in [2.05, 4.69) is 16.0 Å². The van der Waals surface area contributed by atoms with Gasteiger partial charge in [0.25, 0.3) is 0 Å². The largest absolute Gasteiger partial charge is 0.508 e. The minimum Gasteiger partial charge on any atom is -0.508 e. The number of benzene rings is 1. The molecule has 0 saturated carbocycles. The van der Waals surface area contributed by atoms with E-state index in [1.165, 1.54) is 12.1 Å². The molecule has 4 unspecified atom stereocenters. The third-order valence-electron chi connectivity index (χ3n) is 5.45. The number of aliphatic hydroxyl groups excluding tert-OH is 1. The highest BCUT2D eigenvalue weighted by molar-refractivity contribution is 5.94. The molecule has 0 saturated heterocycles. The van der Waals surface area contributed by atoms with Gasteiger partial charge in [0.15, 0.2) is 0 Å². The predicted octanol–water partition coefficient (Wildman–Crippen LogP) is -1.03. The van der Waals surface area contributed by atoms with Crippen LogP contribution in [-0.2, 0) is 25.6 Å². The number of carbonyl (C=O) groups is 4. The van der Waals surface area contributed by atoms with E-state index >= 15 is 0 Å². The van der Waals surface area contributed by atoms with Gasteiger partial charge in [-0.25, -0.2) is 4.79 Å². The Labute approximate surface area is 210 Å². The Morgan fingerprint density at radius 3 is 1.97 bits per heavy atom. The minimum absolute atomic E-state index is 0.0255. The molecule has 0 spiro atoms. The van der Waals surface area contributed by atoms with E-state index in [1.807, 2.05) is 13.8 Å². The maximum absolute atomic E-state index is 12.8. The van der Waals surface area contributed by atoms with Crippen molar-refractivity contribution in [2.24, 2.45) is 17.4 Å². The molecule has 0 radical (unpaired) electrons. The molecule has 0 bridgehead atoms. The quantitative estimate of drug-likeness (QED) is 0.128. The second-order valence-corrected chi connectivity index (χ2v) is 9.10. The minimum atomic E-state index is -1.37. The summed E-state index contributed by atoms with van der Waals surface area (Å²) in [5.74, 6) is -3.32. The molecule has 0 aromatic heterocycles. The van der Waals surface area contributed by atoms with E-state index in [9.17, 15) is 34.5 Å². The number of hydrogen-bond acceptors (Lipinski definition) is 8. The lowest BCUT2D eigenvalue weighted by Crippen LogP contribution is -2.58. The summed E-state index contributed by atoms with van der Waals surface area (Å²) in [6, 6.07) is 1.50. The van der Waals surface area contributed by atoms with Crippen LogP contribution in [0.15, 0.2) is 24.3 Å². The number of phenols is 1. The third-order valence-corrected chi connectivity index (χ3v) is 5.45. The Bertz CT molecular complexity index is 863. The summed E-state index contributed by atoms with van der Waals surface area (Å²) in [6.45, 7) is 3.32. The van der Waals surface area contributed by atoms with Crippen LogP contribution in [0.4, 0.5) is 0 Å². The Balaban J connectivity index is 2.81. The summed E-state index contributed by atoms with van der Waals surface area (Å²) in [5.41, 5.74) is 12.1. The molecule has 36 heavy (non-hydrogen) atoms. The van der Waals surface area contributed by atoms with Gasteiger partial charge in [-0.1, -0.05) is 26.0 Å². The van der Waals surface area contributed by atoms with Crippen LogP contribution in [0.5, 0.6) is 5.75 Å². The number of nitrogens with two attached hydrogens (primary N) is 2. The highest BCUT2D eigenvalue weighted by Crippen LogP contribution is 2.11. The molecule has 0 aliphatic rings. The molecule has 10 N–H and O–H groups in total. The first-order valence-electron chi connectivity index (χ1n) is 12.0. The van der Waals surface area contributed by atoms with E-state index in [0.29, 0.717) is 24.9 Å². The van der Waals surface area contributed by atoms with Crippen LogP contribution >= 0.6 is 0 Å². The van der Waals surface area contributed by atoms with Crippen LogP contribution in [0.2, 0.25) is 0 Å². The molecular weight excluding hydrogens is 470 g/mol. The van der Waals surface area contributed by atoms with Gasteiger partial charge in [-0.15, -0.1) is 0 Å². The van der Waals surface area contributed by atoms with E-state index in [4.69, 9.17) is 11.5 Å². The van der Waals surface area contributed by atoms with Crippen molar-refractivity contribution in [3.63, 3.8) is 0 Å². The van der Waals surface area contributed by atoms with Crippen molar-refractivity contribution in [1.29, 1.82) is 0 Å². The Kier molecular flexibility index (Phi) is 13.4. The van der Waals surface area contributed by atoms with E-state index in [0.717, 1.165) is 0 Å². The number of carbonyl (C=O) groups excluding carboxylic acids is 3. The lowest BCUT2D eigenvalue weighted by atomic mass is 10.0. The van der Waals surface area contributed by atoms with Gasteiger partial charge in [0, 0.05) is 0 Å².